The first-order chi connectivity index (χ1) is 8.90. The molecule has 2 atom stereocenters. The van der Waals surface area contributed by atoms with E-state index in [1.807, 2.05) is 14.0 Å². The molecule has 1 aliphatic rings. The highest BCUT2D eigenvalue weighted by molar-refractivity contribution is 5.81. The third-order valence-corrected chi connectivity index (χ3v) is 3.53. The van der Waals surface area contributed by atoms with Crippen molar-refractivity contribution in [2.75, 3.05) is 20.1 Å². The van der Waals surface area contributed by atoms with Crippen LogP contribution in [0.4, 0.5) is 0 Å². The molecular weight excluding hydrogens is 242 g/mol. The van der Waals surface area contributed by atoms with Gasteiger partial charge in [0.2, 0.25) is 11.8 Å². The van der Waals surface area contributed by atoms with E-state index in [0.717, 1.165) is 19.4 Å². The maximum Gasteiger partial charge on any atom is 0.236 e. The molecule has 1 rings (SSSR count). The minimum atomic E-state index is -0.209. The maximum absolute atomic E-state index is 11.9. The molecule has 110 valence electrons. The largest absolute Gasteiger partial charge is 0.355 e. The molecule has 0 aliphatic carbocycles. The van der Waals surface area contributed by atoms with Crippen molar-refractivity contribution in [1.82, 2.24) is 15.5 Å². The fourth-order valence-electron chi connectivity index (χ4n) is 2.21. The molecule has 0 aromatic carbocycles. The summed E-state index contributed by atoms with van der Waals surface area (Å²) in [6, 6.07) is 0.00677. The van der Waals surface area contributed by atoms with Gasteiger partial charge in [0.1, 0.15) is 0 Å². The van der Waals surface area contributed by atoms with E-state index < -0.39 is 0 Å². The molecule has 1 aliphatic heterocycles. The second kappa shape index (κ2) is 7.48. The van der Waals surface area contributed by atoms with E-state index in [1.54, 1.807) is 4.90 Å². The van der Waals surface area contributed by atoms with Gasteiger partial charge < -0.3 is 15.5 Å². The van der Waals surface area contributed by atoms with Crippen LogP contribution in [0.2, 0.25) is 0 Å². The molecule has 0 aromatic heterocycles. The topological polar surface area (TPSA) is 61.4 Å². The number of amides is 2. The molecule has 0 radical (unpaired) electrons. The highest BCUT2D eigenvalue weighted by Crippen LogP contribution is 2.10. The van der Waals surface area contributed by atoms with Crippen LogP contribution >= 0.6 is 0 Å². The van der Waals surface area contributed by atoms with E-state index in [4.69, 9.17) is 0 Å². The lowest BCUT2D eigenvalue weighted by Gasteiger charge is -2.32. The van der Waals surface area contributed by atoms with Gasteiger partial charge in [0.25, 0.3) is 0 Å². The van der Waals surface area contributed by atoms with Crippen molar-refractivity contribution in [1.29, 1.82) is 0 Å². The van der Waals surface area contributed by atoms with Gasteiger partial charge in [-0.15, -0.1) is 0 Å². The van der Waals surface area contributed by atoms with Crippen molar-refractivity contribution in [2.45, 2.75) is 52.1 Å². The number of nitrogens with zero attached hydrogens (tertiary/aromatic N) is 1. The van der Waals surface area contributed by atoms with Gasteiger partial charge in [-0.05, 0) is 25.7 Å². The van der Waals surface area contributed by atoms with E-state index in [2.05, 4.69) is 24.5 Å². The molecule has 1 fully saturated rings. The van der Waals surface area contributed by atoms with Crippen LogP contribution in [0, 0.1) is 5.92 Å². The van der Waals surface area contributed by atoms with Gasteiger partial charge in [-0.25, -0.2) is 0 Å². The lowest BCUT2D eigenvalue weighted by atomic mass is 10.0. The molecule has 1 heterocycles. The second-order valence-corrected chi connectivity index (χ2v) is 5.87. The Bertz CT molecular complexity index is 318. The van der Waals surface area contributed by atoms with Crippen LogP contribution < -0.4 is 10.6 Å². The summed E-state index contributed by atoms with van der Waals surface area (Å²) in [4.78, 5) is 25.0. The minimum absolute atomic E-state index is 0.0419. The number of rotatable bonds is 6. The molecule has 5 nitrogen and oxygen atoms in total. The van der Waals surface area contributed by atoms with Crippen LogP contribution in [-0.4, -0.2) is 48.9 Å². The van der Waals surface area contributed by atoms with Crippen molar-refractivity contribution in [3.63, 3.8) is 0 Å². The Morgan fingerprint density at radius 3 is 2.68 bits per heavy atom. The molecule has 0 spiro atoms. The zero-order chi connectivity index (χ0) is 14.4. The van der Waals surface area contributed by atoms with Crippen molar-refractivity contribution >= 4 is 11.8 Å². The number of likely N-dealkylation sites (tertiary alicyclic amines) is 1. The monoisotopic (exact) mass is 269 g/mol. The van der Waals surface area contributed by atoms with Crippen LogP contribution in [0.3, 0.4) is 0 Å². The van der Waals surface area contributed by atoms with Gasteiger partial charge in [-0.1, -0.05) is 13.8 Å². The third kappa shape index (κ3) is 5.59. The number of piperidine rings is 1. The van der Waals surface area contributed by atoms with Gasteiger partial charge in [-0.2, -0.15) is 0 Å². The van der Waals surface area contributed by atoms with Gasteiger partial charge in [0.05, 0.1) is 6.04 Å². The molecule has 1 saturated heterocycles. The van der Waals surface area contributed by atoms with Gasteiger partial charge in [0, 0.05) is 32.6 Å². The Morgan fingerprint density at radius 2 is 2.11 bits per heavy atom. The van der Waals surface area contributed by atoms with Crippen LogP contribution in [-0.2, 0) is 9.59 Å². The summed E-state index contributed by atoms with van der Waals surface area (Å²) in [5.74, 6) is 0.828. The SMILES string of the molecule is CC(C)CCNC(=O)C(C)NC1CCC(=O)N(C)C1. The molecule has 2 amide bonds. The zero-order valence-corrected chi connectivity index (χ0v) is 12.5. The Labute approximate surface area is 116 Å². The van der Waals surface area contributed by atoms with Gasteiger partial charge in [-0.3, -0.25) is 9.59 Å². The predicted molar refractivity (Wildman–Crippen MR) is 75.7 cm³/mol. The van der Waals surface area contributed by atoms with Crippen LogP contribution in [0.25, 0.3) is 0 Å². The van der Waals surface area contributed by atoms with Crippen molar-refractivity contribution in [3.05, 3.63) is 0 Å². The summed E-state index contributed by atoms with van der Waals surface area (Å²) in [7, 11) is 1.81. The summed E-state index contributed by atoms with van der Waals surface area (Å²) < 4.78 is 0. The molecule has 2 N–H and O–H groups in total. The standard InChI is InChI=1S/C14H27N3O2/c1-10(2)7-8-15-14(19)11(3)16-12-5-6-13(18)17(4)9-12/h10-12,16H,5-9H2,1-4H3,(H,15,19). The third-order valence-electron chi connectivity index (χ3n) is 3.53. The Hall–Kier alpha value is -1.10. The predicted octanol–water partition coefficient (Wildman–Crippen LogP) is 0.748. The van der Waals surface area contributed by atoms with Crippen LogP contribution in [0.15, 0.2) is 0 Å². The molecule has 0 aromatic rings. The first kappa shape index (κ1) is 16.0. The van der Waals surface area contributed by atoms with Gasteiger partial charge >= 0.3 is 0 Å². The summed E-state index contributed by atoms with van der Waals surface area (Å²) in [5, 5.41) is 6.24. The summed E-state index contributed by atoms with van der Waals surface area (Å²) in [5.41, 5.74) is 0. The summed E-state index contributed by atoms with van der Waals surface area (Å²) >= 11 is 0. The highest BCUT2D eigenvalue weighted by Gasteiger charge is 2.25. The number of likely N-dealkylation sites (N-methyl/N-ethyl adjacent to an activating group) is 1. The zero-order valence-electron chi connectivity index (χ0n) is 12.5. The number of carbonyl (C=O) groups excluding carboxylic acids is 2. The van der Waals surface area contributed by atoms with E-state index in [1.165, 1.54) is 0 Å². The van der Waals surface area contributed by atoms with E-state index in [-0.39, 0.29) is 23.9 Å². The van der Waals surface area contributed by atoms with E-state index in [9.17, 15) is 9.59 Å². The normalized spacial score (nSPS) is 21.6. The fraction of sp³-hybridized carbons (Fsp3) is 0.857. The minimum Gasteiger partial charge on any atom is -0.355 e. The van der Waals surface area contributed by atoms with E-state index >= 15 is 0 Å². The summed E-state index contributed by atoms with van der Waals surface area (Å²) in [6.07, 6.45) is 2.38. The molecule has 0 bridgehead atoms. The highest BCUT2D eigenvalue weighted by atomic mass is 16.2. The molecule has 5 heteroatoms. The van der Waals surface area contributed by atoms with Crippen molar-refractivity contribution < 1.29 is 9.59 Å². The Morgan fingerprint density at radius 1 is 1.42 bits per heavy atom. The first-order valence-corrected chi connectivity index (χ1v) is 7.18. The maximum atomic E-state index is 11.9. The number of carbonyl (C=O) groups is 2. The van der Waals surface area contributed by atoms with E-state index in [0.29, 0.717) is 18.9 Å². The van der Waals surface area contributed by atoms with Crippen molar-refractivity contribution in [2.24, 2.45) is 5.92 Å². The van der Waals surface area contributed by atoms with Crippen molar-refractivity contribution in [3.8, 4) is 0 Å². The smallest absolute Gasteiger partial charge is 0.236 e. The molecule has 0 saturated carbocycles. The molecule has 2 unspecified atom stereocenters. The lowest BCUT2D eigenvalue weighted by Crippen LogP contribution is -2.53. The molecular formula is C14H27N3O2. The second-order valence-electron chi connectivity index (χ2n) is 5.87. The fourth-order valence-corrected chi connectivity index (χ4v) is 2.21. The first-order valence-electron chi connectivity index (χ1n) is 7.18. The number of nitrogens with one attached hydrogen (secondary N) is 2. The van der Waals surface area contributed by atoms with Gasteiger partial charge in [0.15, 0.2) is 0 Å². The molecule has 19 heavy (non-hydrogen) atoms. The van der Waals surface area contributed by atoms with Crippen LogP contribution in [0.5, 0.6) is 0 Å². The number of hydrogen-bond donors (Lipinski definition) is 2. The number of hydrogen-bond acceptors (Lipinski definition) is 3. The summed E-state index contributed by atoms with van der Waals surface area (Å²) in [6.45, 7) is 7.57. The Kier molecular flexibility index (Phi) is 6.28. The lowest BCUT2D eigenvalue weighted by molar-refractivity contribution is -0.132. The average Bonchev–Trinajstić information content (AvgIpc) is 2.33. The van der Waals surface area contributed by atoms with Crippen LogP contribution in [0.1, 0.15) is 40.0 Å². The average molecular weight is 269 g/mol. The quantitative estimate of drug-likeness (QED) is 0.748. The Balaban J connectivity index is 2.28.